The lowest BCUT2D eigenvalue weighted by molar-refractivity contribution is -0.166. The van der Waals surface area contributed by atoms with Crippen LogP contribution in [0.3, 0.4) is 0 Å². The lowest BCUT2D eigenvalue weighted by Crippen LogP contribution is -2.42. The summed E-state index contributed by atoms with van der Waals surface area (Å²) in [7, 11) is 0. The van der Waals surface area contributed by atoms with E-state index in [1.807, 2.05) is 6.92 Å². The number of carbonyl (C=O) groups excluding carboxylic acids is 1. The van der Waals surface area contributed by atoms with Crippen LogP contribution >= 0.6 is 0 Å². The highest BCUT2D eigenvalue weighted by atomic mass is 19.4. The molecule has 0 aromatic rings. The monoisotopic (exact) mass is 255 g/mol. The molecule has 4 nitrogen and oxygen atoms in total. The number of amides is 1. The van der Waals surface area contributed by atoms with Crippen LogP contribution in [0.2, 0.25) is 0 Å². The van der Waals surface area contributed by atoms with Crippen molar-refractivity contribution >= 4 is 11.9 Å². The first-order valence-electron chi connectivity index (χ1n) is 5.22. The summed E-state index contributed by atoms with van der Waals surface area (Å²) in [6.07, 6.45) is -4.00. The molecule has 17 heavy (non-hydrogen) atoms. The second-order valence-electron chi connectivity index (χ2n) is 3.98. The smallest absolute Gasteiger partial charge is 0.406 e. The predicted octanol–water partition coefficient (Wildman–Crippen LogP) is 1.90. The summed E-state index contributed by atoms with van der Waals surface area (Å²) in [5, 5.41) is 8.46. The Morgan fingerprint density at radius 3 is 2.24 bits per heavy atom. The number of alkyl halides is 3. The lowest BCUT2D eigenvalue weighted by atomic mass is 10.0. The van der Waals surface area contributed by atoms with Crippen molar-refractivity contribution in [3.8, 4) is 0 Å². The molecule has 0 saturated heterocycles. The highest BCUT2D eigenvalue weighted by molar-refractivity contribution is 5.81. The number of carboxylic acids is 1. The van der Waals surface area contributed by atoms with Crippen molar-refractivity contribution in [1.29, 1.82) is 0 Å². The molecule has 100 valence electrons. The molecule has 0 aliphatic heterocycles. The van der Waals surface area contributed by atoms with E-state index in [4.69, 9.17) is 5.11 Å². The fourth-order valence-corrected chi connectivity index (χ4v) is 1.18. The first-order valence-corrected chi connectivity index (χ1v) is 5.22. The number of carbonyl (C=O) groups is 2. The Labute approximate surface area is 97.4 Å². The third kappa shape index (κ3) is 7.59. The van der Waals surface area contributed by atoms with Gasteiger partial charge in [0.2, 0.25) is 5.91 Å². The average Bonchev–Trinajstić information content (AvgIpc) is 2.13. The maximum atomic E-state index is 12.1. The first-order chi connectivity index (χ1) is 7.65. The molecule has 0 saturated carbocycles. The van der Waals surface area contributed by atoms with Crippen molar-refractivity contribution in [1.82, 2.24) is 4.90 Å². The van der Waals surface area contributed by atoms with Crippen molar-refractivity contribution < 1.29 is 27.9 Å². The number of hydrogen-bond acceptors (Lipinski definition) is 2. The van der Waals surface area contributed by atoms with E-state index in [0.717, 1.165) is 0 Å². The van der Waals surface area contributed by atoms with Crippen LogP contribution in [-0.2, 0) is 9.59 Å². The molecule has 0 heterocycles. The average molecular weight is 255 g/mol. The van der Waals surface area contributed by atoms with Crippen LogP contribution in [-0.4, -0.2) is 41.1 Å². The largest absolute Gasteiger partial charge is 0.480 e. The summed E-state index contributed by atoms with van der Waals surface area (Å²) in [4.78, 5) is 22.2. The molecule has 1 amide bonds. The van der Waals surface area contributed by atoms with Gasteiger partial charge in [0.25, 0.3) is 0 Å². The highest BCUT2D eigenvalue weighted by Crippen LogP contribution is 2.18. The molecule has 0 aliphatic carbocycles. The van der Waals surface area contributed by atoms with Gasteiger partial charge in [-0.1, -0.05) is 20.3 Å². The van der Waals surface area contributed by atoms with Crippen LogP contribution < -0.4 is 0 Å². The zero-order valence-electron chi connectivity index (χ0n) is 9.75. The molecule has 7 heteroatoms. The van der Waals surface area contributed by atoms with E-state index in [1.54, 1.807) is 6.92 Å². The van der Waals surface area contributed by atoms with E-state index in [0.29, 0.717) is 11.3 Å². The molecule has 1 atom stereocenters. The SMILES string of the molecule is CCC(C)CC(=O)N(CC(=O)O)CC(F)(F)F. The van der Waals surface area contributed by atoms with E-state index in [-0.39, 0.29) is 12.3 Å². The third-order valence-electron chi connectivity index (χ3n) is 2.27. The Morgan fingerprint density at radius 1 is 1.35 bits per heavy atom. The fraction of sp³-hybridized carbons (Fsp3) is 0.800. The molecule has 1 N–H and O–H groups in total. The Hall–Kier alpha value is -1.27. The summed E-state index contributed by atoms with van der Waals surface area (Å²) in [6.45, 7) is 1.09. The Bertz CT molecular complexity index is 278. The van der Waals surface area contributed by atoms with Gasteiger partial charge >= 0.3 is 12.1 Å². The van der Waals surface area contributed by atoms with Gasteiger partial charge < -0.3 is 10.0 Å². The molecule has 0 aromatic heterocycles. The second kappa shape index (κ2) is 6.46. The minimum atomic E-state index is -4.58. The second-order valence-corrected chi connectivity index (χ2v) is 3.98. The van der Waals surface area contributed by atoms with E-state index < -0.39 is 31.1 Å². The third-order valence-corrected chi connectivity index (χ3v) is 2.27. The molecular weight excluding hydrogens is 239 g/mol. The van der Waals surface area contributed by atoms with Crippen LogP contribution in [0, 0.1) is 5.92 Å². The molecule has 0 radical (unpaired) electrons. The number of rotatable bonds is 6. The number of hydrogen-bond donors (Lipinski definition) is 1. The maximum absolute atomic E-state index is 12.1. The van der Waals surface area contributed by atoms with Crippen molar-refractivity contribution in [3.63, 3.8) is 0 Å². The van der Waals surface area contributed by atoms with Gasteiger partial charge in [0.1, 0.15) is 13.1 Å². The molecule has 0 spiro atoms. The van der Waals surface area contributed by atoms with Crippen molar-refractivity contribution in [2.45, 2.75) is 32.9 Å². The molecule has 0 aromatic carbocycles. The summed E-state index contributed by atoms with van der Waals surface area (Å²) < 4.78 is 36.4. The van der Waals surface area contributed by atoms with Crippen LogP contribution in [0.15, 0.2) is 0 Å². The summed E-state index contributed by atoms with van der Waals surface area (Å²) in [6, 6.07) is 0. The molecule has 0 rings (SSSR count). The van der Waals surface area contributed by atoms with Gasteiger partial charge in [0.15, 0.2) is 0 Å². The molecular formula is C10H16F3NO3. The van der Waals surface area contributed by atoms with Crippen LogP contribution in [0.1, 0.15) is 26.7 Å². The number of nitrogens with zero attached hydrogens (tertiary/aromatic N) is 1. The number of halogens is 3. The summed E-state index contributed by atoms with van der Waals surface area (Å²) >= 11 is 0. The zero-order chi connectivity index (χ0) is 13.6. The van der Waals surface area contributed by atoms with Gasteiger partial charge in [-0.15, -0.1) is 0 Å². The summed E-state index contributed by atoms with van der Waals surface area (Å²) in [5.74, 6) is -2.29. The van der Waals surface area contributed by atoms with Crippen molar-refractivity contribution in [2.24, 2.45) is 5.92 Å². The van der Waals surface area contributed by atoms with Crippen LogP contribution in [0.4, 0.5) is 13.2 Å². The van der Waals surface area contributed by atoms with Crippen molar-refractivity contribution in [2.75, 3.05) is 13.1 Å². The topological polar surface area (TPSA) is 57.6 Å². The summed E-state index contributed by atoms with van der Waals surface area (Å²) in [5.41, 5.74) is 0. The van der Waals surface area contributed by atoms with Gasteiger partial charge in [-0.2, -0.15) is 13.2 Å². The predicted molar refractivity (Wildman–Crippen MR) is 54.3 cm³/mol. The van der Waals surface area contributed by atoms with Crippen LogP contribution in [0.25, 0.3) is 0 Å². The van der Waals surface area contributed by atoms with Gasteiger partial charge in [-0.3, -0.25) is 9.59 Å². The van der Waals surface area contributed by atoms with Gasteiger partial charge in [-0.05, 0) is 5.92 Å². The fourth-order valence-electron chi connectivity index (χ4n) is 1.18. The Kier molecular flexibility index (Phi) is 5.98. The van der Waals surface area contributed by atoms with E-state index in [9.17, 15) is 22.8 Å². The van der Waals surface area contributed by atoms with Gasteiger partial charge in [0, 0.05) is 6.42 Å². The Balaban J connectivity index is 4.56. The van der Waals surface area contributed by atoms with Crippen molar-refractivity contribution in [3.05, 3.63) is 0 Å². The lowest BCUT2D eigenvalue weighted by Gasteiger charge is -2.23. The highest BCUT2D eigenvalue weighted by Gasteiger charge is 2.34. The van der Waals surface area contributed by atoms with Gasteiger partial charge in [0.05, 0.1) is 0 Å². The van der Waals surface area contributed by atoms with E-state index in [1.165, 1.54) is 0 Å². The maximum Gasteiger partial charge on any atom is 0.406 e. The minimum Gasteiger partial charge on any atom is -0.480 e. The van der Waals surface area contributed by atoms with E-state index in [2.05, 4.69) is 0 Å². The quantitative estimate of drug-likeness (QED) is 0.788. The molecule has 1 unspecified atom stereocenters. The minimum absolute atomic E-state index is 0.0629. The van der Waals surface area contributed by atoms with E-state index >= 15 is 0 Å². The Morgan fingerprint density at radius 2 is 1.88 bits per heavy atom. The molecule has 0 bridgehead atoms. The standard InChI is InChI=1S/C10H16F3NO3/c1-3-7(2)4-8(15)14(5-9(16)17)6-10(11,12)13/h7H,3-6H2,1-2H3,(H,16,17). The van der Waals surface area contributed by atoms with Crippen LogP contribution in [0.5, 0.6) is 0 Å². The molecule has 0 aliphatic rings. The number of aliphatic carboxylic acids is 1. The first kappa shape index (κ1) is 15.7. The zero-order valence-corrected chi connectivity index (χ0v) is 9.75. The van der Waals surface area contributed by atoms with Gasteiger partial charge in [-0.25, -0.2) is 0 Å². The normalized spacial score (nSPS) is 13.2. The number of carboxylic acid groups (broad SMARTS) is 1. The molecule has 0 fully saturated rings.